The maximum Gasteiger partial charge on any atom is 0.325 e. The number of hydrogen-bond acceptors (Lipinski definition) is 5. The van der Waals surface area contributed by atoms with Crippen LogP contribution in [0, 0.1) is 18.3 Å². The number of carbonyl (C=O) groups is 1. The Hall–Kier alpha value is -1.56. The summed E-state index contributed by atoms with van der Waals surface area (Å²) in [6.07, 6.45) is 0.239. The molecule has 0 spiro atoms. The van der Waals surface area contributed by atoms with Gasteiger partial charge in [0, 0.05) is 5.75 Å². The Bertz CT molecular complexity index is 716. The van der Waals surface area contributed by atoms with Gasteiger partial charge in [0.1, 0.15) is 5.54 Å². The van der Waals surface area contributed by atoms with E-state index in [9.17, 15) is 18.3 Å². The van der Waals surface area contributed by atoms with Crippen LogP contribution in [0.4, 0.5) is 0 Å². The van der Waals surface area contributed by atoms with Crippen molar-refractivity contribution in [3.8, 4) is 6.07 Å². The van der Waals surface area contributed by atoms with E-state index >= 15 is 0 Å². The summed E-state index contributed by atoms with van der Waals surface area (Å²) in [5.41, 5.74) is -0.794. The van der Waals surface area contributed by atoms with Crippen molar-refractivity contribution >= 4 is 27.8 Å². The average molecular weight is 326 g/mol. The van der Waals surface area contributed by atoms with Crippen molar-refractivity contribution in [2.45, 2.75) is 23.8 Å². The highest BCUT2D eigenvalue weighted by atomic mass is 32.2. The third-order valence-corrected chi connectivity index (χ3v) is 6.24. The number of nitrogens with zero attached hydrogens (tertiary/aromatic N) is 1. The molecule has 1 aromatic carbocycles. The van der Waals surface area contributed by atoms with Gasteiger partial charge in [-0.05, 0) is 36.8 Å². The van der Waals surface area contributed by atoms with Gasteiger partial charge in [0.05, 0.1) is 16.5 Å². The van der Waals surface area contributed by atoms with Gasteiger partial charge >= 0.3 is 5.97 Å². The third-order valence-electron chi connectivity index (χ3n) is 3.37. The maximum atomic E-state index is 12.5. The van der Waals surface area contributed by atoms with Gasteiger partial charge in [-0.1, -0.05) is 6.07 Å². The molecule has 0 aliphatic carbocycles. The van der Waals surface area contributed by atoms with E-state index in [4.69, 9.17) is 5.26 Å². The molecule has 1 fully saturated rings. The lowest BCUT2D eigenvalue weighted by Crippen LogP contribution is -2.54. The molecule has 2 rings (SSSR count). The second-order valence-corrected chi connectivity index (χ2v) is 7.64. The molecular weight excluding hydrogens is 312 g/mol. The predicted octanol–water partition coefficient (Wildman–Crippen LogP) is 1.11. The van der Waals surface area contributed by atoms with Crippen LogP contribution >= 0.6 is 11.8 Å². The zero-order chi connectivity index (χ0) is 15.7. The van der Waals surface area contributed by atoms with Gasteiger partial charge in [0.15, 0.2) is 0 Å². The summed E-state index contributed by atoms with van der Waals surface area (Å²) in [5, 5.41) is 18.2. The first kappa shape index (κ1) is 15.8. The molecule has 112 valence electrons. The molecule has 1 saturated heterocycles. The molecule has 1 atom stereocenters. The Morgan fingerprint density at radius 1 is 1.52 bits per heavy atom. The van der Waals surface area contributed by atoms with Crippen molar-refractivity contribution in [1.82, 2.24) is 4.72 Å². The van der Waals surface area contributed by atoms with Crippen molar-refractivity contribution in [3.05, 3.63) is 29.3 Å². The smallest absolute Gasteiger partial charge is 0.325 e. The van der Waals surface area contributed by atoms with Crippen LogP contribution < -0.4 is 4.72 Å². The molecule has 0 aromatic heterocycles. The normalized spacial score (nSPS) is 21.9. The molecule has 0 bridgehead atoms. The molecule has 21 heavy (non-hydrogen) atoms. The standard InChI is InChI=1S/C13H14N2O4S2/c1-9-2-3-10(7-14)6-11(9)21(18,19)15-13(12(16)17)4-5-20-8-13/h2-3,6,15H,4-5,8H2,1H3,(H,16,17). The predicted molar refractivity (Wildman–Crippen MR) is 78.5 cm³/mol. The summed E-state index contributed by atoms with van der Waals surface area (Å²) in [4.78, 5) is 11.4. The van der Waals surface area contributed by atoms with Crippen molar-refractivity contribution < 1.29 is 18.3 Å². The molecule has 1 aliphatic rings. The highest BCUT2D eigenvalue weighted by Crippen LogP contribution is 2.30. The number of nitriles is 1. The summed E-state index contributed by atoms with van der Waals surface area (Å²) in [6, 6.07) is 6.19. The van der Waals surface area contributed by atoms with Crippen LogP contribution in [0.25, 0.3) is 0 Å². The first-order chi connectivity index (χ1) is 9.81. The number of thioether (sulfide) groups is 1. The minimum atomic E-state index is -4.01. The molecule has 0 amide bonds. The van der Waals surface area contributed by atoms with Gasteiger partial charge < -0.3 is 5.11 Å². The van der Waals surface area contributed by atoms with E-state index in [0.29, 0.717) is 11.3 Å². The number of aliphatic carboxylic acids is 1. The zero-order valence-electron chi connectivity index (χ0n) is 11.3. The highest BCUT2D eigenvalue weighted by Gasteiger charge is 2.45. The Labute approximate surface area is 127 Å². The van der Waals surface area contributed by atoms with Crippen molar-refractivity contribution in [1.29, 1.82) is 5.26 Å². The third kappa shape index (κ3) is 3.05. The van der Waals surface area contributed by atoms with Gasteiger partial charge in [-0.3, -0.25) is 4.79 Å². The van der Waals surface area contributed by atoms with Crippen molar-refractivity contribution in [2.75, 3.05) is 11.5 Å². The molecule has 6 nitrogen and oxygen atoms in total. The van der Waals surface area contributed by atoms with Crippen LogP contribution in [0.1, 0.15) is 17.5 Å². The van der Waals surface area contributed by atoms with E-state index in [2.05, 4.69) is 4.72 Å². The molecule has 2 N–H and O–H groups in total. The monoisotopic (exact) mass is 326 g/mol. The van der Waals surface area contributed by atoms with Crippen molar-refractivity contribution in [2.24, 2.45) is 0 Å². The quantitative estimate of drug-likeness (QED) is 0.858. The summed E-state index contributed by atoms with van der Waals surface area (Å²) in [7, 11) is -4.01. The fourth-order valence-corrected chi connectivity index (χ4v) is 5.21. The minimum Gasteiger partial charge on any atom is -0.480 e. The Kier molecular flexibility index (Phi) is 4.27. The number of sulfonamides is 1. The van der Waals surface area contributed by atoms with Gasteiger partial charge in [0.2, 0.25) is 10.0 Å². The van der Waals surface area contributed by atoms with Gasteiger partial charge in [0.25, 0.3) is 0 Å². The number of carboxylic acid groups (broad SMARTS) is 1. The molecular formula is C13H14N2O4S2. The van der Waals surface area contributed by atoms with E-state index in [0.717, 1.165) is 0 Å². The number of hydrogen-bond donors (Lipinski definition) is 2. The maximum absolute atomic E-state index is 12.5. The lowest BCUT2D eigenvalue weighted by atomic mass is 10.0. The second kappa shape index (κ2) is 5.67. The molecule has 1 heterocycles. The second-order valence-electron chi connectivity index (χ2n) is 4.89. The van der Waals surface area contributed by atoms with Gasteiger partial charge in [-0.2, -0.15) is 21.7 Å². The minimum absolute atomic E-state index is 0.0564. The molecule has 1 unspecified atom stereocenters. The van der Waals surface area contributed by atoms with E-state index in [-0.39, 0.29) is 22.6 Å². The average Bonchev–Trinajstić information content (AvgIpc) is 2.88. The fourth-order valence-electron chi connectivity index (χ4n) is 2.13. The first-order valence-electron chi connectivity index (χ1n) is 6.17. The topological polar surface area (TPSA) is 107 Å². The number of nitrogens with one attached hydrogen (secondary N) is 1. The number of aryl methyl sites for hydroxylation is 1. The number of benzene rings is 1. The summed E-state index contributed by atoms with van der Waals surface area (Å²) in [6.45, 7) is 1.60. The van der Waals surface area contributed by atoms with Crippen LogP contribution in [0.15, 0.2) is 23.1 Å². The largest absolute Gasteiger partial charge is 0.480 e. The SMILES string of the molecule is Cc1ccc(C#N)cc1S(=O)(=O)NC1(C(=O)O)CCSC1. The van der Waals surface area contributed by atoms with Gasteiger partial charge in [-0.25, -0.2) is 8.42 Å². The van der Waals surface area contributed by atoms with Crippen LogP contribution in [0.3, 0.4) is 0 Å². The number of carboxylic acids is 1. The molecule has 8 heteroatoms. The Balaban J connectivity index is 2.43. The van der Waals surface area contributed by atoms with E-state index in [1.54, 1.807) is 6.92 Å². The lowest BCUT2D eigenvalue weighted by molar-refractivity contribution is -0.142. The summed E-state index contributed by atoms with van der Waals surface area (Å²) < 4.78 is 27.3. The van der Waals surface area contributed by atoms with E-state index in [1.807, 2.05) is 6.07 Å². The lowest BCUT2D eigenvalue weighted by Gasteiger charge is -2.24. The van der Waals surface area contributed by atoms with Crippen LogP contribution in [0.5, 0.6) is 0 Å². The van der Waals surface area contributed by atoms with Crippen LogP contribution in [0.2, 0.25) is 0 Å². The number of rotatable bonds is 4. The fraction of sp³-hybridized carbons (Fsp3) is 0.385. The van der Waals surface area contributed by atoms with E-state index in [1.165, 1.54) is 30.0 Å². The van der Waals surface area contributed by atoms with E-state index < -0.39 is 21.5 Å². The molecule has 0 radical (unpaired) electrons. The highest BCUT2D eigenvalue weighted by molar-refractivity contribution is 7.99. The van der Waals surface area contributed by atoms with Crippen LogP contribution in [-0.2, 0) is 14.8 Å². The van der Waals surface area contributed by atoms with Crippen LogP contribution in [-0.4, -0.2) is 36.5 Å². The first-order valence-corrected chi connectivity index (χ1v) is 8.80. The zero-order valence-corrected chi connectivity index (χ0v) is 12.9. The van der Waals surface area contributed by atoms with Gasteiger partial charge in [-0.15, -0.1) is 0 Å². The van der Waals surface area contributed by atoms with Crippen molar-refractivity contribution in [3.63, 3.8) is 0 Å². The summed E-state index contributed by atoms with van der Waals surface area (Å²) >= 11 is 1.40. The Morgan fingerprint density at radius 2 is 2.24 bits per heavy atom. The Morgan fingerprint density at radius 3 is 2.76 bits per heavy atom. The summed E-state index contributed by atoms with van der Waals surface area (Å²) in [5.74, 6) is -0.393. The molecule has 1 aromatic rings. The molecule has 0 saturated carbocycles. The molecule has 1 aliphatic heterocycles.